The van der Waals surface area contributed by atoms with Crippen LogP contribution in [0.5, 0.6) is 0 Å². The van der Waals surface area contributed by atoms with E-state index in [9.17, 15) is 18.0 Å². The first-order chi connectivity index (χ1) is 13.6. The average molecular weight is 420 g/mol. The second-order valence-corrected chi connectivity index (χ2v) is 8.52. The monoisotopic (exact) mass is 419 g/mol. The van der Waals surface area contributed by atoms with Gasteiger partial charge in [0, 0.05) is 11.4 Å². The summed E-state index contributed by atoms with van der Waals surface area (Å²) in [6.07, 6.45) is 1.20. The number of sulfonamides is 1. The van der Waals surface area contributed by atoms with Crippen molar-refractivity contribution in [3.05, 3.63) is 45.5 Å². The molecule has 10 heteroatoms. The normalized spacial score (nSPS) is 11.3. The Labute approximate surface area is 169 Å². The number of nitrogens with one attached hydrogen (secondary N) is 1. The molecule has 2 rings (SSSR count). The second kappa shape index (κ2) is 8.99. The van der Waals surface area contributed by atoms with E-state index in [1.54, 1.807) is 26.0 Å². The van der Waals surface area contributed by atoms with Gasteiger partial charge in [-0.15, -0.1) is 0 Å². The highest BCUT2D eigenvalue weighted by Crippen LogP contribution is 2.21. The van der Waals surface area contributed by atoms with Gasteiger partial charge in [-0.25, -0.2) is 18.4 Å². The molecule has 1 amide bonds. The molecule has 0 saturated carbocycles. The van der Waals surface area contributed by atoms with E-state index in [2.05, 4.69) is 21.4 Å². The number of hydrogen-bond acceptors (Lipinski definition) is 6. The Morgan fingerprint density at radius 2 is 2.03 bits per heavy atom. The molecule has 29 heavy (non-hydrogen) atoms. The van der Waals surface area contributed by atoms with Gasteiger partial charge in [0.2, 0.25) is 15.9 Å². The maximum Gasteiger partial charge on any atom is 0.280 e. The Hall–Kier alpha value is -3.01. The smallest absolute Gasteiger partial charge is 0.280 e. The summed E-state index contributed by atoms with van der Waals surface area (Å²) >= 11 is 0. The van der Waals surface area contributed by atoms with E-state index in [0.29, 0.717) is 23.4 Å². The number of nitrogen functional groups attached to an aromatic ring is 1. The maximum absolute atomic E-state index is 13.0. The van der Waals surface area contributed by atoms with Crippen LogP contribution in [0.3, 0.4) is 0 Å². The molecule has 9 nitrogen and oxygen atoms in total. The predicted octanol–water partition coefficient (Wildman–Crippen LogP) is 1.74. The van der Waals surface area contributed by atoms with Crippen LogP contribution in [0.1, 0.15) is 36.7 Å². The third-order valence-electron chi connectivity index (χ3n) is 4.37. The third-order valence-corrected chi connectivity index (χ3v) is 5.72. The van der Waals surface area contributed by atoms with Crippen LogP contribution in [-0.4, -0.2) is 36.3 Å². The number of nitrogens with two attached hydrogens (primary N) is 1. The van der Waals surface area contributed by atoms with Crippen LogP contribution in [0.4, 0.5) is 11.4 Å². The lowest BCUT2D eigenvalue weighted by atomic mass is 10.1. The topological polar surface area (TPSA) is 137 Å². The number of hydrogen-bond donors (Lipinski definition) is 2. The number of aliphatic imine (C=N–C) groups is 1. The van der Waals surface area contributed by atoms with E-state index in [-0.39, 0.29) is 29.4 Å². The minimum absolute atomic E-state index is 0.00202. The first-order valence-corrected chi connectivity index (χ1v) is 10.7. The number of pyridine rings is 2. The molecule has 0 aromatic carbocycles. The summed E-state index contributed by atoms with van der Waals surface area (Å²) in [7, 11) is -3.64. The largest absolute Gasteiger partial charge is 0.396 e. The summed E-state index contributed by atoms with van der Waals surface area (Å²) < 4.78 is 28.0. The van der Waals surface area contributed by atoms with Crippen molar-refractivity contribution in [1.29, 1.82) is 0 Å². The summed E-state index contributed by atoms with van der Waals surface area (Å²) in [4.78, 5) is 32.3. The number of nitrogens with zero attached hydrogens (tertiary/aromatic N) is 3. The van der Waals surface area contributed by atoms with E-state index in [4.69, 9.17) is 5.73 Å². The minimum Gasteiger partial charge on any atom is -0.396 e. The molecule has 0 aliphatic carbocycles. The Bertz CT molecular complexity index is 1110. The molecule has 2 heterocycles. The summed E-state index contributed by atoms with van der Waals surface area (Å²) in [6, 6.07) is 4.59. The molecule has 0 bridgehead atoms. The molecule has 3 N–H and O–H groups in total. The van der Waals surface area contributed by atoms with E-state index >= 15 is 0 Å². The molecule has 0 radical (unpaired) electrons. The number of anilines is 2. The lowest BCUT2D eigenvalue weighted by molar-refractivity contribution is -0.117. The highest BCUT2D eigenvalue weighted by molar-refractivity contribution is 7.92. The average Bonchev–Trinajstić information content (AvgIpc) is 2.66. The predicted molar refractivity (Wildman–Crippen MR) is 114 cm³/mol. The standard InChI is InChI=1S/C19H25N5O4S/c1-5-6-9-29(27,28)23-16-8-7-12(2)24(19(16)26)18-15(20)10-14(13(3)22-18)11-17(25)21-4/h7-8,10,23H,4-6,9,11,20H2,1-3H3. The van der Waals surface area contributed by atoms with E-state index < -0.39 is 21.5 Å². The van der Waals surface area contributed by atoms with Crippen molar-refractivity contribution in [2.75, 3.05) is 16.2 Å². The summed E-state index contributed by atoms with van der Waals surface area (Å²) in [5.74, 6) is -0.322. The van der Waals surface area contributed by atoms with Crippen molar-refractivity contribution in [3.63, 3.8) is 0 Å². The summed E-state index contributed by atoms with van der Waals surface area (Å²) in [6.45, 7) is 8.46. The Balaban J connectivity index is 2.53. The molecule has 156 valence electrons. The number of carbonyl (C=O) groups is 1. The molecule has 0 aliphatic heterocycles. The third kappa shape index (κ3) is 5.29. The Morgan fingerprint density at radius 1 is 1.34 bits per heavy atom. The van der Waals surface area contributed by atoms with Crippen LogP contribution in [0.25, 0.3) is 5.82 Å². The fourth-order valence-electron chi connectivity index (χ4n) is 2.75. The number of unbranched alkanes of at least 4 members (excludes halogenated alkanes) is 1. The van der Waals surface area contributed by atoms with Gasteiger partial charge in [-0.05, 0) is 50.7 Å². The van der Waals surface area contributed by atoms with Gasteiger partial charge in [0.05, 0.1) is 17.9 Å². The van der Waals surface area contributed by atoms with Gasteiger partial charge < -0.3 is 5.73 Å². The van der Waals surface area contributed by atoms with Gasteiger partial charge in [0.25, 0.3) is 5.56 Å². The van der Waals surface area contributed by atoms with Gasteiger partial charge in [0.15, 0.2) is 5.82 Å². The second-order valence-electron chi connectivity index (χ2n) is 6.68. The lowest BCUT2D eigenvalue weighted by Gasteiger charge is -2.16. The number of rotatable bonds is 8. The van der Waals surface area contributed by atoms with Gasteiger partial charge in [-0.3, -0.25) is 18.9 Å². The molecule has 0 atom stereocenters. The quantitative estimate of drug-likeness (QED) is 0.625. The van der Waals surface area contributed by atoms with Crippen molar-refractivity contribution >= 4 is 34.0 Å². The fraction of sp³-hybridized carbons (Fsp3) is 0.368. The minimum atomic E-state index is -3.64. The van der Waals surface area contributed by atoms with E-state index in [1.807, 2.05) is 6.92 Å². The molecule has 2 aromatic heterocycles. The van der Waals surface area contributed by atoms with Crippen molar-refractivity contribution in [2.45, 2.75) is 40.0 Å². The van der Waals surface area contributed by atoms with E-state index in [1.165, 1.54) is 10.6 Å². The van der Waals surface area contributed by atoms with Crippen molar-refractivity contribution < 1.29 is 13.2 Å². The first-order valence-electron chi connectivity index (χ1n) is 9.08. The van der Waals surface area contributed by atoms with Gasteiger partial charge in [-0.1, -0.05) is 13.3 Å². The van der Waals surface area contributed by atoms with Gasteiger partial charge >= 0.3 is 0 Å². The summed E-state index contributed by atoms with van der Waals surface area (Å²) in [5, 5.41) is 0. The molecule has 0 fully saturated rings. The van der Waals surface area contributed by atoms with Gasteiger partial charge in [-0.2, -0.15) is 0 Å². The number of amides is 1. The fourth-order valence-corrected chi connectivity index (χ4v) is 4.01. The molecule has 2 aromatic rings. The zero-order valence-electron chi connectivity index (χ0n) is 16.7. The Morgan fingerprint density at radius 3 is 2.66 bits per heavy atom. The molecule has 0 aliphatic rings. The van der Waals surface area contributed by atoms with Gasteiger partial charge in [0.1, 0.15) is 5.69 Å². The number of aromatic nitrogens is 2. The van der Waals surface area contributed by atoms with Crippen LogP contribution >= 0.6 is 0 Å². The van der Waals surface area contributed by atoms with Crippen molar-refractivity contribution in [2.24, 2.45) is 4.99 Å². The number of aryl methyl sites for hydroxylation is 2. The highest BCUT2D eigenvalue weighted by atomic mass is 32.2. The van der Waals surface area contributed by atoms with Crippen molar-refractivity contribution in [1.82, 2.24) is 9.55 Å². The molecule has 0 saturated heterocycles. The van der Waals surface area contributed by atoms with Crippen LogP contribution in [0.2, 0.25) is 0 Å². The van der Waals surface area contributed by atoms with Crippen LogP contribution in [0, 0.1) is 13.8 Å². The Kier molecular flexibility index (Phi) is 6.91. The first kappa shape index (κ1) is 22.3. The van der Waals surface area contributed by atoms with Crippen molar-refractivity contribution in [3.8, 4) is 5.82 Å². The molecule has 0 unspecified atom stereocenters. The number of carbonyl (C=O) groups excluding carboxylic acids is 1. The zero-order valence-corrected chi connectivity index (χ0v) is 17.5. The maximum atomic E-state index is 13.0. The SMILES string of the molecule is C=NC(=O)Cc1cc(N)c(-n2c(C)ccc(NS(=O)(=O)CCCC)c2=O)nc1C. The lowest BCUT2D eigenvalue weighted by Crippen LogP contribution is -2.28. The van der Waals surface area contributed by atoms with Crippen LogP contribution in [-0.2, 0) is 21.2 Å². The van der Waals surface area contributed by atoms with Crippen LogP contribution < -0.4 is 16.0 Å². The molecular formula is C19H25N5O4S. The van der Waals surface area contributed by atoms with Crippen LogP contribution in [0.15, 0.2) is 28.0 Å². The van der Waals surface area contributed by atoms with E-state index in [0.717, 1.165) is 6.42 Å². The molecular weight excluding hydrogens is 394 g/mol. The molecule has 0 spiro atoms. The summed E-state index contributed by atoms with van der Waals surface area (Å²) in [5.41, 5.74) is 7.23. The zero-order chi connectivity index (χ0) is 21.8. The highest BCUT2D eigenvalue weighted by Gasteiger charge is 2.18.